The highest BCUT2D eigenvalue weighted by molar-refractivity contribution is 6.30. The van der Waals surface area contributed by atoms with Crippen molar-refractivity contribution in [1.29, 1.82) is 0 Å². The molecule has 0 aliphatic carbocycles. The van der Waals surface area contributed by atoms with Crippen LogP contribution in [0.4, 0.5) is 10.5 Å². The maximum absolute atomic E-state index is 12.8. The molecule has 1 unspecified atom stereocenters. The van der Waals surface area contributed by atoms with Crippen LogP contribution < -0.4 is 15.4 Å². The van der Waals surface area contributed by atoms with Gasteiger partial charge in [-0.05, 0) is 98.2 Å². The van der Waals surface area contributed by atoms with E-state index >= 15 is 0 Å². The number of ether oxygens (including phenoxy) is 1. The van der Waals surface area contributed by atoms with Gasteiger partial charge in [-0.1, -0.05) is 50.4 Å². The van der Waals surface area contributed by atoms with Crippen LogP contribution >= 0.6 is 11.6 Å². The number of hydrogen-bond acceptors (Lipinski definition) is 3. The maximum Gasteiger partial charge on any atom is 0.321 e. The number of carbonyl (C=O) groups is 1. The minimum absolute atomic E-state index is 0.0262. The first-order valence-electron chi connectivity index (χ1n) is 14.3. The molecular weight excluding hydrogens is 482 g/mol. The Morgan fingerprint density at radius 1 is 1.05 bits per heavy atom. The molecule has 2 bridgehead atoms. The number of fused-ring (bicyclic) bond motifs is 2. The summed E-state index contributed by atoms with van der Waals surface area (Å²) < 4.78 is 6.39. The molecule has 4 atom stereocenters. The molecule has 5 nitrogen and oxygen atoms in total. The third-order valence-electron chi connectivity index (χ3n) is 8.56. The molecular formula is C31H42ClN3O2. The van der Waals surface area contributed by atoms with Gasteiger partial charge in [0.25, 0.3) is 0 Å². The lowest BCUT2D eigenvalue weighted by Crippen LogP contribution is -2.43. The second kappa shape index (κ2) is 12.1. The van der Waals surface area contributed by atoms with Gasteiger partial charge in [-0.2, -0.15) is 0 Å². The molecule has 5 rings (SSSR count). The van der Waals surface area contributed by atoms with Crippen molar-refractivity contribution in [2.24, 2.45) is 11.8 Å². The molecule has 2 N–H and O–H groups in total. The fourth-order valence-electron chi connectivity index (χ4n) is 6.52. The summed E-state index contributed by atoms with van der Waals surface area (Å²) in [6, 6.07) is 17.2. The monoisotopic (exact) mass is 523 g/mol. The fourth-order valence-corrected chi connectivity index (χ4v) is 6.65. The zero-order valence-electron chi connectivity index (χ0n) is 22.3. The first-order chi connectivity index (χ1) is 17.9. The predicted molar refractivity (Wildman–Crippen MR) is 152 cm³/mol. The maximum atomic E-state index is 12.8. The number of anilines is 1. The van der Waals surface area contributed by atoms with E-state index in [1.165, 1.54) is 31.2 Å². The molecule has 0 aromatic heterocycles. The van der Waals surface area contributed by atoms with E-state index in [4.69, 9.17) is 16.3 Å². The van der Waals surface area contributed by atoms with Crippen LogP contribution in [0.1, 0.15) is 76.7 Å². The first kappa shape index (κ1) is 26.4. The molecule has 37 heavy (non-hydrogen) atoms. The van der Waals surface area contributed by atoms with Crippen molar-refractivity contribution in [2.45, 2.75) is 89.3 Å². The highest BCUT2D eigenvalue weighted by Gasteiger charge is 2.40. The number of nitrogens with zero attached hydrogens (tertiary/aromatic N) is 1. The van der Waals surface area contributed by atoms with Crippen LogP contribution in [0.25, 0.3) is 0 Å². The van der Waals surface area contributed by atoms with Gasteiger partial charge in [0, 0.05) is 35.9 Å². The van der Waals surface area contributed by atoms with Crippen LogP contribution in [0.15, 0.2) is 48.5 Å². The normalized spacial score (nSPS) is 25.9. The summed E-state index contributed by atoms with van der Waals surface area (Å²) in [5, 5.41) is 7.66. The van der Waals surface area contributed by atoms with Crippen molar-refractivity contribution < 1.29 is 9.53 Å². The smallest absolute Gasteiger partial charge is 0.321 e. The third kappa shape index (κ3) is 7.00. The van der Waals surface area contributed by atoms with Gasteiger partial charge in [0.2, 0.25) is 0 Å². The molecule has 3 aliphatic rings. The second-order valence-electron chi connectivity index (χ2n) is 11.8. The van der Waals surface area contributed by atoms with Crippen molar-refractivity contribution in [1.82, 2.24) is 10.2 Å². The summed E-state index contributed by atoms with van der Waals surface area (Å²) in [5.74, 6) is 2.97. The van der Waals surface area contributed by atoms with Gasteiger partial charge >= 0.3 is 6.03 Å². The van der Waals surface area contributed by atoms with Gasteiger partial charge in [0.05, 0.1) is 0 Å². The third-order valence-corrected chi connectivity index (χ3v) is 8.81. The quantitative estimate of drug-likeness (QED) is 0.377. The standard InChI is InChI=1S/C31H42ClN3O2/c1-21(2)4-3-5-24-18-27-19-29(20-30(24)33-27)37-28-12-10-26(11-13-28)34-31(36)35-16-14-23(15-17-35)22-6-8-25(32)9-7-22/h6-13,21,23-24,27,29-30,33H,3-5,14-20H2,1-2H3,(H,34,36)/t24?,27-,29+,30-/m1/s1. The first-order valence-corrected chi connectivity index (χ1v) is 14.6. The minimum Gasteiger partial charge on any atom is -0.490 e. The van der Waals surface area contributed by atoms with E-state index in [0.717, 1.165) is 67.1 Å². The fraction of sp³-hybridized carbons (Fsp3) is 0.581. The lowest BCUT2D eigenvalue weighted by molar-refractivity contribution is 0.132. The number of nitrogens with one attached hydrogen (secondary N) is 2. The molecule has 3 heterocycles. The Morgan fingerprint density at radius 2 is 1.78 bits per heavy atom. The second-order valence-corrected chi connectivity index (χ2v) is 12.2. The molecule has 0 radical (unpaired) electrons. The zero-order chi connectivity index (χ0) is 25.8. The summed E-state index contributed by atoms with van der Waals surface area (Å²) in [4.78, 5) is 14.8. The Labute approximate surface area is 227 Å². The van der Waals surface area contributed by atoms with Gasteiger partial charge < -0.3 is 20.3 Å². The molecule has 6 heteroatoms. The number of urea groups is 1. The van der Waals surface area contributed by atoms with Crippen LogP contribution in [-0.4, -0.2) is 42.2 Å². The van der Waals surface area contributed by atoms with E-state index in [1.54, 1.807) is 0 Å². The summed E-state index contributed by atoms with van der Waals surface area (Å²) >= 11 is 6.02. The van der Waals surface area contributed by atoms with Gasteiger partial charge in [-0.25, -0.2) is 4.79 Å². The number of halogens is 1. The van der Waals surface area contributed by atoms with Crippen molar-refractivity contribution in [2.75, 3.05) is 18.4 Å². The molecule has 3 aliphatic heterocycles. The van der Waals surface area contributed by atoms with E-state index < -0.39 is 0 Å². The SMILES string of the molecule is CC(C)CCCC1C[C@@H]2C[C@H](Oc3ccc(NC(=O)N4CCC(c5ccc(Cl)cc5)CC4)cc3)C[C@H]1N2. The van der Waals surface area contributed by atoms with Crippen LogP contribution in [0, 0.1) is 11.8 Å². The van der Waals surface area contributed by atoms with E-state index in [0.29, 0.717) is 18.0 Å². The lowest BCUT2D eigenvalue weighted by atomic mass is 9.89. The summed E-state index contributed by atoms with van der Waals surface area (Å²) in [6.07, 6.45) is 9.70. The molecule has 2 aromatic rings. The summed E-state index contributed by atoms with van der Waals surface area (Å²) in [5.41, 5.74) is 2.12. The molecule has 200 valence electrons. The Bertz CT molecular complexity index is 1020. The number of likely N-dealkylation sites (tertiary alicyclic amines) is 1. The number of hydrogen-bond donors (Lipinski definition) is 2. The Morgan fingerprint density at radius 3 is 2.49 bits per heavy atom. The van der Waals surface area contributed by atoms with E-state index in [2.05, 4.69) is 36.6 Å². The summed E-state index contributed by atoms with van der Waals surface area (Å²) in [7, 11) is 0. The number of rotatable bonds is 8. The highest BCUT2D eigenvalue weighted by atomic mass is 35.5. The van der Waals surface area contributed by atoms with Gasteiger partial charge in [0.1, 0.15) is 11.9 Å². The molecule has 2 amide bonds. The highest BCUT2D eigenvalue weighted by Crippen LogP contribution is 2.37. The Hall–Kier alpha value is -2.24. The van der Waals surface area contributed by atoms with E-state index in [9.17, 15) is 4.79 Å². The molecule has 0 spiro atoms. The minimum atomic E-state index is -0.0262. The lowest BCUT2D eigenvalue weighted by Gasteiger charge is -2.32. The largest absolute Gasteiger partial charge is 0.490 e. The molecule has 0 saturated carbocycles. The van der Waals surface area contributed by atoms with E-state index in [-0.39, 0.29) is 12.1 Å². The van der Waals surface area contributed by atoms with E-state index in [1.807, 2.05) is 41.3 Å². The molecule has 2 aromatic carbocycles. The number of benzene rings is 2. The predicted octanol–water partition coefficient (Wildman–Crippen LogP) is 7.47. The Balaban J connectivity index is 1.06. The average Bonchev–Trinajstić information content (AvgIpc) is 3.18. The number of piperidine rings is 2. The van der Waals surface area contributed by atoms with Crippen molar-refractivity contribution in [3.63, 3.8) is 0 Å². The summed E-state index contributed by atoms with van der Waals surface area (Å²) in [6.45, 7) is 6.16. The average molecular weight is 524 g/mol. The van der Waals surface area contributed by atoms with Crippen LogP contribution in [0.2, 0.25) is 5.02 Å². The number of amides is 2. The van der Waals surface area contributed by atoms with Crippen molar-refractivity contribution >= 4 is 23.3 Å². The molecule has 3 saturated heterocycles. The van der Waals surface area contributed by atoms with Crippen LogP contribution in [0.3, 0.4) is 0 Å². The van der Waals surface area contributed by atoms with Crippen molar-refractivity contribution in [3.8, 4) is 5.75 Å². The molecule has 3 fully saturated rings. The zero-order valence-corrected chi connectivity index (χ0v) is 23.1. The number of carbonyl (C=O) groups excluding carboxylic acids is 1. The Kier molecular flexibility index (Phi) is 8.61. The van der Waals surface area contributed by atoms with Crippen LogP contribution in [-0.2, 0) is 0 Å². The van der Waals surface area contributed by atoms with Crippen molar-refractivity contribution in [3.05, 3.63) is 59.1 Å². The topological polar surface area (TPSA) is 53.6 Å². The van der Waals surface area contributed by atoms with Gasteiger partial charge in [-0.15, -0.1) is 0 Å². The van der Waals surface area contributed by atoms with Gasteiger partial charge in [-0.3, -0.25) is 0 Å². The van der Waals surface area contributed by atoms with Crippen LogP contribution in [0.5, 0.6) is 5.75 Å². The van der Waals surface area contributed by atoms with Gasteiger partial charge in [0.15, 0.2) is 0 Å².